The minimum absolute atomic E-state index is 0.513. The van der Waals surface area contributed by atoms with E-state index in [1.165, 1.54) is 0 Å². The van der Waals surface area contributed by atoms with E-state index >= 15 is 0 Å². The van der Waals surface area contributed by atoms with E-state index in [1.54, 1.807) is 6.20 Å². The maximum Gasteiger partial charge on any atom is 0.238 e. The van der Waals surface area contributed by atoms with Gasteiger partial charge in [-0.05, 0) is 58.7 Å². The standard InChI is InChI=1S/C49H31N7/c1-3-14-32(15-4-1)34-18-11-20-36(28-34)47-52-48(37-21-12-19-35(29-37)33-16-5-2-6-17-33)54-49(53-47)56-42-26-10-8-24-40(42)45-46(56)44-39-23-7-9-25-41(39)55(43(44)31-51-45)38-22-13-27-50-30-38/h1-31H. The fraction of sp³-hybridized carbons (Fsp3) is 0. The fourth-order valence-corrected chi connectivity index (χ4v) is 7.97. The molecule has 0 fully saturated rings. The van der Waals surface area contributed by atoms with Crippen LogP contribution in [0.1, 0.15) is 0 Å². The Balaban J connectivity index is 1.23. The molecule has 0 bridgehead atoms. The van der Waals surface area contributed by atoms with Gasteiger partial charge in [0.1, 0.15) is 0 Å². The zero-order valence-corrected chi connectivity index (χ0v) is 30.0. The lowest BCUT2D eigenvalue weighted by Crippen LogP contribution is -2.07. The molecule has 5 aromatic heterocycles. The molecule has 11 aromatic rings. The topological polar surface area (TPSA) is 74.3 Å². The molecule has 0 N–H and O–H groups in total. The highest BCUT2D eigenvalue weighted by Gasteiger charge is 2.24. The van der Waals surface area contributed by atoms with Crippen LogP contribution < -0.4 is 0 Å². The second-order valence-electron chi connectivity index (χ2n) is 13.8. The van der Waals surface area contributed by atoms with Gasteiger partial charge in [-0.25, -0.2) is 4.98 Å². The molecule has 0 spiro atoms. The van der Waals surface area contributed by atoms with Crippen molar-refractivity contribution < 1.29 is 0 Å². The third-order valence-electron chi connectivity index (χ3n) is 10.5. The van der Waals surface area contributed by atoms with Crippen molar-refractivity contribution in [3.8, 4) is 56.7 Å². The molecule has 262 valence electrons. The van der Waals surface area contributed by atoms with Gasteiger partial charge in [-0.3, -0.25) is 14.5 Å². The summed E-state index contributed by atoms with van der Waals surface area (Å²) >= 11 is 0. The van der Waals surface area contributed by atoms with E-state index in [4.69, 9.17) is 19.9 Å². The second kappa shape index (κ2) is 13.0. The van der Waals surface area contributed by atoms with Gasteiger partial charge < -0.3 is 4.57 Å². The van der Waals surface area contributed by atoms with Gasteiger partial charge in [0.2, 0.25) is 5.95 Å². The van der Waals surface area contributed by atoms with E-state index < -0.39 is 0 Å². The number of hydrogen-bond donors (Lipinski definition) is 0. The van der Waals surface area contributed by atoms with Gasteiger partial charge in [-0.2, -0.15) is 9.97 Å². The van der Waals surface area contributed by atoms with Gasteiger partial charge in [0, 0.05) is 33.5 Å². The van der Waals surface area contributed by atoms with E-state index in [1.807, 2.05) is 30.6 Å². The van der Waals surface area contributed by atoms with Crippen LogP contribution in [0.2, 0.25) is 0 Å². The summed E-state index contributed by atoms with van der Waals surface area (Å²) in [6.45, 7) is 0. The van der Waals surface area contributed by atoms with Crippen LogP contribution in [0.3, 0.4) is 0 Å². The molecule has 6 aromatic carbocycles. The zero-order chi connectivity index (χ0) is 37.0. The van der Waals surface area contributed by atoms with Crippen molar-refractivity contribution in [2.24, 2.45) is 0 Å². The Morgan fingerprint density at radius 1 is 0.393 bits per heavy atom. The van der Waals surface area contributed by atoms with Crippen molar-refractivity contribution in [3.05, 3.63) is 188 Å². The van der Waals surface area contributed by atoms with Crippen molar-refractivity contribution in [3.63, 3.8) is 0 Å². The van der Waals surface area contributed by atoms with Crippen LogP contribution in [0.25, 0.3) is 100 Å². The minimum Gasteiger partial charge on any atom is -0.306 e. The van der Waals surface area contributed by atoms with E-state index in [0.717, 1.165) is 82.8 Å². The van der Waals surface area contributed by atoms with Crippen molar-refractivity contribution in [1.29, 1.82) is 0 Å². The summed E-state index contributed by atoms with van der Waals surface area (Å²) in [6, 6.07) is 58.6. The van der Waals surface area contributed by atoms with Gasteiger partial charge in [-0.1, -0.05) is 133 Å². The summed E-state index contributed by atoms with van der Waals surface area (Å²) in [5.74, 6) is 1.67. The Hall–Kier alpha value is -7.77. The molecule has 56 heavy (non-hydrogen) atoms. The number of aromatic nitrogens is 7. The van der Waals surface area contributed by atoms with Crippen LogP contribution in [-0.2, 0) is 0 Å². The van der Waals surface area contributed by atoms with Crippen molar-refractivity contribution >= 4 is 43.7 Å². The predicted octanol–water partition coefficient (Wildman–Crippen LogP) is 11.5. The Bertz CT molecular complexity index is 3140. The Morgan fingerprint density at radius 2 is 0.946 bits per heavy atom. The number of fused-ring (bicyclic) bond motifs is 7. The molecule has 7 heteroatoms. The molecule has 0 saturated heterocycles. The third kappa shape index (κ3) is 5.17. The molecular formula is C49H31N7. The molecule has 0 aliphatic heterocycles. The Labute approximate surface area is 321 Å². The fourth-order valence-electron chi connectivity index (χ4n) is 7.97. The lowest BCUT2D eigenvalue weighted by molar-refractivity contribution is 0.955. The van der Waals surface area contributed by atoms with Gasteiger partial charge in [-0.15, -0.1) is 0 Å². The first-order valence-corrected chi connectivity index (χ1v) is 18.6. The molecule has 0 radical (unpaired) electrons. The largest absolute Gasteiger partial charge is 0.306 e. The molecular weight excluding hydrogens is 687 g/mol. The maximum absolute atomic E-state index is 5.34. The lowest BCUT2D eigenvalue weighted by atomic mass is 10.0. The summed E-state index contributed by atoms with van der Waals surface area (Å²) in [6.07, 6.45) is 5.67. The number of nitrogens with zero attached hydrogens (tertiary/aromatic N) is 7. The summed E-state index contributed by atoms with van der Waals surface area (Å²) in [5, 5.41) is 3.18. The van der Waals surface area contributed by atoms with E-state index in [0.29, 0.717) is 17.6 Å². The first-order valence-electron chi connectivity index (χ1n) is 18.6. The Morgan fingerprint density at radius 3 is 1.57 bits per heavy atom. The summed E-state index contributed by atoms with van der Waals surface area (Å²) in [4.78, 5) is 25.5. The molecule has 0 unspecified atom stereocenters. The van der Waals surface area contributed by atoms with Crippen molar-refractivity contribution in [2.75, 3.05) is 0 Å². The lowest BCUT2D eigenvalue weighted by Gasteiger charge is -2.12. The monoisotopic (exact) mass is 717 g/mol. The van der Waals surface area contributed by atoms with Crippen LogP contribution in [-0.4, -0.2) is 34.1 Å². The SMILES string of the molecule is c1ccc(-c2cccc(-c3nc(-c4cccc(-c5ccccc5)c4)nc(-n4c5ccccc5c5ncc6c(c7ccccc7n6-c6cccnc6)c54)n3)c2)cc1. The molecule has 0 aliphatic carbocycles. The van der Waals surface area contributed by atoms with Gasteiger partial charge in [0.15, 0.2) is 11.6 Å². The number of hydrogen-bond acceptors (Lipinski definition) is 5. The van der Waals surface area contributed by atoms with Crippen LogP contribution in [0, 0.1) is 0 Å². The van der Waals surface area contributed by atoms with Crippen LogP contribution in [0.4, 0.5) is 0 Å². The quantitative estimate of drug-likeness (QED) is 0.171. The van der Waals surface area contributed by atoms with Crippen molar-refractivity contribution in [2.45, 2.75) is 0 Å². The smallest absolute Gasteiger partial charge is 0.238 e. The first kappa shape index (κ1) is 31.7. The number of pyridine rings is 2. The highest BCUT2D eigenvalue weighted by Crippen LogP contribution is 2.41. The van der Waals surface area contributed by atoms with Gasteiger partial charge in [0.25, 0.3) is 0 Å². The predicted molar refractivity (Wildman–Crippen MR) is 226 cm³/mol. The van der Waals surface area contributed by atoms with Crippen LogP contribution >= 0.6 is 0 Å². The second-order valence-corrected chi connectivity index (χ2v) is 13.8. The molecule has 7 nitrogen and oxygen atoms in total. The first-order chi connectivity index (χ1) is 27.8. The summed E-state index contributed by atoms with van der Waals surface area (Å²) in [5.41, 5.74) is 12.0. The highest BCUT2D eigenvalue weighted by molar-refractivity contribution is 6.24. The number of rotatable bonds is 6. The molecule has 0 amide bonds. The third-order valence-corrected chi connectivity index (χ3v) is 10.5. The molecule has 11 rings (SSSR count). The van der Waals surface area contributed by atoms with E-state index in [-0.39, 0.29) is 0 Å². The Kier molecular flexibility index (Phi) is 7.35. The highest BCUT2D eigenvalue weighted by atomic mass is 15.2. The molecule has 0 aliphatic rings. The summed E-state index contributed by atoms with van der Waals surface area (Å²) in [7, 11) is 0. The minimum atomic E-state index is 0.513. The number of para-hydroxylation sites is 2. The van der Waals surface area contributed by atoms with Crippen LogP contribution in [0.5, 0.6) is 0 Å². The van der Waals surface area contributed by atoms with E-state index in [2.05, 4.69) is 166 Å². The maximum atomic E-state index is 5.34. The normalized spacial score (nSPS) is 11.6. The zero-order valence-electron chi connectivity index (χ0n) is 30.0. The van der Waals surface area contributed by atoms with Crippen molar-refractivity contribution in [1.82, 2.24) is 34.1 Å². The molecule has 5 heterocycles. The number of benzene rings is 6. The van der Waals surface area contributed by atoms with Crippen LogP contribution in [0.15, 0.2) is 188 Å². The molecule has 0 atom stereocenters. The average Bonchev–Trinajstić information content (AvgIpc) is 3.80. The van der Waals surface area contributed by atoms with Gasteiger partial charge in [0.05, 0.1) is 45.7 Å². The summed E-state index contributed by atoms with van der Waals surface area (Å²) < 4.78 is 4.41. The average molecular weight is 718 g/mol. The van der Waals surface area contributed by atoms with E-state index in [9.17, 15) is 0 Å². The van der Waals surface area contributed by atoms with Gasteiger partial charge >= 0.3 is 0 Å². The molecule has 0 saturated carbocycles.